The van der Waals surface area contributed by atoms with E-state index in [0.717, 1.165) is 10.8 Å². The lowest BCUT2D eigenvalue weighted by molar-refractivity contribution is 0.287. The molecule has 1 aromatic heterocycles. The summed E-state index contributed by atoms with van der Waals surface area (Å²) in [4.78, 5) is 4.04. The van der Waals surface area contributed by atoms with E-state index in [-0.39, 0.29) is 0 Å². The summed E-state index contributed by atoms with van der Waals surface area (Å²) in [6.07, 6.45) is 3.24. The molecule has 2 rings (SSSR count). The second-order valence-electron chi connectivity index (χ2n) is 3.24. The van der Waals surface area contributed by atoms with Gasteiger partial charge in [0.2, 0.25) is 0 Å². The summed E-state index contributed by atoms with van der Waals surface area (Å²) < 4.78 is 22.2. The van der Waals surface area contributed by atoms with Crippen molar-refractivity contribution in [3.05, 3.63) is 36.7 Å². The largest absolute Gasteiger partial charge is 0.362 e. The highest BCUT2D eigenvalue weighted by molar-refractivity contribution is 7.62. The van der Waals surface area contributed by atoms with Crippen molar-refractivity contribution in [1.82, 2.24) is 4.98 Å². The molecule has 2 aromatic rings. The van der Waals surface area contributed by atoms with Crippen molar-refractivity contribution in [2.45, 2.75) is 0 Å². The van der Waals surface area contributed by atoms with Crippen LogP contribution in [0.5, 0.6) is 0 Å². The van der Waals surface area contributed by atoms with Crippen LogP contribution in [0.3, 0.4) is 0 Å². The lowest BCUT2D eigenvalue weighted by Gasteiger charge is -2.15. The topological polar surface area (TPSA) is 48.4 Å². The first-order valence-electron chi connectivity index (χ1n) is 4.76. The predicted octanol–water partition coefficient (Wildman–Crippen LogP) is 2.35. The molecule has 0 N–H and O–H groups in total. The quantitative estimate of drug-likeness (QED) is 0.769. The van der Waals surface area contributed by atoms with E-state index < -0.39 is 7.60 Å². The fourth-order valence-corrected chi connectivity index (χ4v) is 2.84. The van der Waals surface area contributed by atoms with Crippen LogP contribution in [0.2, 0.25) is 0 Å². The van der Waals surface area contributed by atoms with Crippen molar-refractivity contribution < 1.29 is 13.6 Å². The van der Waals surface area contributed by atoms with Gasteiger partial charge in [0.25, 0.3) is 0 Å². The van der Waals surface area contributed by atoms with Crippen molar-refractivity contribution in [3.63, 3.8) is 0 Å². The Labute approximate surface area is 93.8 Å². The van der Waals surface area contributed by atoms with Gasteiger partial charge in [-0.15, -0.1) is 0 Å². The average Bonchev–Trinajstić information content (AvgIpc) is 2.37. The van der Waals surface area contributed by atoms with Crippen molar-refractivity contribution in [1.29, 1.82) is 0 Å². The van der Waals surface area contributed by atoms with Gasteiger partial charge in [0.15, 0.2) is 0 Å². The van der Waals surface area contributed by atoms with Gasteiger partial charge in [0, 0.05) is 37.4 Å². The van der Waals surface area contributed by atoms with E-state index >= 15 is 0 Å². The molecule has 0 saturated carbocycles. The van der Waals surface area contributed by atoms with Crippen LogP contribution >= 0.6 is 7.60 Å². The number of rotatable bonds is 3. The molecule has 0 unspecified atom stereocenters. The SMILES string of the molecule is COP(=O)(OC)c1cncc2ccccc12. The highest BCUT2D eigenvalue weighted by Gasteiger charge is 2.26. The van der Waals surface area contributed by atoms with Crippen LogP contribution in [0, 0.1) is 0 Å². The number of pyridine rings is 1. The van der Waals surface area contributed by atoms with Gasteiger partial charge in [-0.05, 0) is 0 Å². The smallest absolute Gasteiger partial charge is 0.309 e. The van der Waals surface area contributed by atoms with Crippen LogP contribution in [0.4, 0.5) is 0 Å². The van der Waals surface area contributed by atoms with E-state index in [1.807, 2.05) is 24.3 Å². The van der Waals surface area contributed by atoms with E-state index in [1.165, 1.54) is 20.4 Å². The summed E-state index contributed by atoms with van der Waals surface area (Å²) in [7, 11) is -0.507. The number of hydrogen-bond donors (Lipinski definition) is 0. The van der Waals surface area contributed by atoms with Gasteiger partial charge >= 0.3 is 7.60 Å². The van der Waals surface area contributed by atoms with Crippen LogP contribution in [-0.2, 0) is 13.6 Å². The lowest BCUT2D eigenvalue weighted by Crippen LogP contribution is -2.09. The maximum Gasteiger partial charge on any atom is 0.362 e. The monoisotopic (exact) mass is 237 g/mol. The molecule has 16 heavy (non-hydrogen) atoms. The zero-order valence-corrected chi connectivity index (χ0v) is 9.98. The molecule has 84 valence electrons. The molecule has 0 bridgehead atoms. The minimum absolute atomic E-state index is 0.496. The van der Waals surface area contributed by atoms with Crippen molar-refractivity contribution in [3.8, 4) is 0 Å². The molecule has 0 aliphatic rings. The highest BCUT2D eigenvalue weighted by Crippen LogP contribution is 2.46. The molecule has 1 aromatic carbocycles. The van der Waals surface area contributed by atoms with Crippen molar-refractivity contribution in [2.24, 2.45) is 0 Å². The Morgan fingerprint density at radius 2 is 1.81 bits per heavy atom. The fourth-order valence-electron chi connectivity index (χ4n) is 1.59. The van der Waals surface area contributed by atoms with Gasteiger partial charge in [-0.3, -0.25) is 9.55 Å². The average molecular weight is 237 g/mol. The van der Waals surface area contributed by atoms with Crippen LogP contribution < -0.4 is 5.30 Å². The Morgan fingerprint density at radius 3 is 2.50 bits per heavy atom. The van der Waals surface area contributed by atoms with Gasteiger partial charge in [0.1, 0.15) is 0 Å². The molecular formula is C11H12NO3P. The minimum Gasteiger partial charge on any atom is -0.309 e. The van der Waals surface area contributed by atoms with Crippen LogP contribution in [0.15, 0.2) is 36.7 Å². The standard InChI is InChI=1S/C11H12NO3P/c1-14-16(13,15-2)11-8-12-7-9-5-3-4-6-10(9)11/h3-8H,1-2H3. The van der Waals surface area contributed by atoms with E-state index in [0.29, 0.717) is 5.30 Å². The summed E-state index contributed by atoms with van der Waals surface area (Å²) >= 11 is 0. The molecule has 0 aliphatic heterocycles. The summed E-state index contributed by atoms with van der Waals surface area (Å²) in [6.45, 7) is 0. The Bertz CT molecular complexity index is 542. The lowest BCUT2D eigenvalue weighted by atomic mass is 10.2. The second-order valence-corrected chi connectivity index (χ2v) is 5.45. The van der Waals surface area contributed by atoms with Gasteiger partial charge in [-0.1, -0.05) is 24.3 Å². The molecule has 0 spiro atoms. The van der Waals surface area contributed by atoms with Crippen molar-refractivity contribution >= 4 is 23.7 Å². The summed E-state index contributed by atoms with van der Waals surface area (Å²) in [5, 5.41) is 2.24. The third-order valence-electron chi connectivity index (χ3n) is 2.42. The number of nitrogens with zero attached hydrogens (tertiary/aromatic N) is 1. The molecule has 1 heterocycles. The van der Waals surface area contributed by atoms with E-state index in [4.69, 9.17) is 9.05 Å². The van der Waals surface area contributed by atoms with Crippen LogP contribution in [0.25, 0.3) is 10.8 Å². The zero-order chi connectivity index (χ0) is 11.6. The van der Waals surface area contributed by atoms with Gasteiger partial charge in [0.05, 0.1) is 5.30 Å². The Morgan fingerprint density at radius 1 is 1.12 bits per heavy atom. The number of aromatic nitrogens is 1. The molecule has 0 atom stereocenters. The summed E-state index contributed by atoms with van der Waals surface area (Å²) in [6, 6.07) is 7.55. The van der Waals surface area contributed by atoms with E-state index in [1.54, 1.807) is 6.20 Å². The van der Waals surface area contributed by atoms with Crippen molar-refractivity contribution in [2.75, 3.05) is 14.2 Å². The van der Waals surface area contributed by atoms with E-state index in [9.17, 15) is 4.57 Å². The number of fused-ring (bicyclic) bond motifs is 1. The Kier molecular flexibility index (Phi) is 3.06. The van der Waals surface area contributed by atoms with Crippen LogP contribution in [-0.4, -0.2) is 19.2 Å². The molecule has 4 nitrogen and oxygen atoms in total. The molecule has 0 amide bonds. The maximum absolute atomic E-state index is 12.3. The molecule has 0 radical (unpaired) electrons. The fraction of sp³-hybridized carbons (Fsp3) is 0.182. The molecule has 0 fully saturated rings. The molecule has 5 heteroatoms. The number of hydrogen-bond acceptors (Lipinski definition) is 4. The predicted molar refractivity (Wildman–Crippen MR) is 63.0 cm³/mol. The van der Waals surface area contributed by atoms with E-state index in [2.05, 4.69) is 4.98 Å². The third-order valence-corrected chi connectivity index (χ3v) is 4.33. The second kappa shape index (κ2) is 4.34. The maximum atomic E-state index is 12.3. The van der Waals surface area contributed by atoms with Crippen LogP contribution in [0.1, 0.15) is 0 Å². The Hall–Kier alpha value is -1.22. The molecular weight excluding hydrogens is 225 g/mol. The van der Waals surface area contributed by atoms with Gasteiger partial charge in [-0.25, -0.2) is 0 Å². The first-order chi connectivity index (χ1) is 7.71. The highest BCUT2D eigenvalue weighted by atomic mass is 31.2. The first-order valence-corrected chi connectivity index (χ1v) is 6.30. The summed E-state index contributed by atoms with van der Waals surface area (Å²) in [5.74, 6) is 0. The van der Waals surface area contributed by atoms with Gasteiger partial charge < -0.3 is 9.05 Å². The molecule has 0 saturated heterocycles. The third kappa shape index (κ3) is 1.76. The van der Waals surface area contributed by atoms with Gasteiger partial charge in [-0.2, -0.15) is 0 Å². The normalized spacial score (nSPS) is 11.9. The Balaban J connectivity index is 2.74. The summed E-state index contributed by atoms with van der Waals surface area (Å²) in [5.41, 5.74) is 0. The minimum atomic E-state index is -3.24. The molecule has 0 aliphatic carbocycles. The number of benzene rings is 1. The first kappa shape index (κ1) is 11.3. The zero-order valence-electron chi connectivity index (χ0n) is 9.08.